The first kappa shape index (κ1) is 23.9. The van der Waals surface area contributed by atoms with Gasteiger partial charge in [0.05, 0.1) is 24.8 Å². The number of hydrogen-bond donors (Lipinski definition) is 3. The molecule has 0 unspecified atom stereocenters. The van der Waals surface area contributed by atoms with Crippen LogP contribution in [0.5, 0.6) is 0 Å². The number of aryl methyl sites for hydroxylation is 1. The van der Waals surface area contributed by atoms with E-state index >= 15 is 0 Å². The summed E-state index contributed by atoms with van der Waals surface area (Å²) in [6.07, 6.45) is 0.158. The van der Waals surface area contributed by atoms with Gasteiger partial charge in [0.2, 0.25) is 5.91 Å². The summed E-state index contributed by atoms with van der Waals surface area (Å²) < 4.78 is 5.53. The smallest absolute Gasteiger partial charge is 0.290 e. The number of benzene rings is 1. The number of carbonyl (C=O) groups excluding carboxylic acids is 1. The lowest BCUT2D eigenvalue weighted by atomic mass is 10.0. The highest BCUT2D eigenvalue weighted by atomic mass is 16.5. The van der Waals surface area contributed by atoms with Crippen LogP contribution in [0.1, 0.15) is 24.5 Å². The van der Waals surface area contributed by atoms with Crippen molar-refractivity contribution in [3.63, 3.8) is 0 Å². The topological polar surface area (TPSA) is 115 Å². The molecule has 3 heterocycles. The first-order valence-electron chi connectivity index (χ1n) is 10.9. The maximum atomic E-state index is 11.5. The molecular formula is C23H32N4O5. The number of nitrogens with zero attached hydrogens (tertiary/aromatic N) is 3. The van der Waals surface area contributed by atoms with Crippen LogP contribution in [0.15, 0.2) is 24.3 Å². The van der Waals surface area contributed by atoms with Gasteiger partial charge in [-0.1, -0.05) is 12.1 Å². The van der Waals surface area contributed by atoms with E-state index in [1.807, 2.05) is 0 Å². The third-order valence-electron chi connectivity index (χ3n) is 5.65. The van der Waals surface area contributed by atoms with Gasteiger partial charge >= 0.3 is 0 Å². The van der Waals surface area contributed by atoms with Crippen LogP contribution < -0.4 is 10.2 Å². The van der Waals surface area contributed by atoms with Crippen molar-refractivity contribution in [2.75, 3.05) is 44.3 Å². The number of hydrogen-bond acceptors (Lipinski definition) is 7. The Morgan fingerprint density at radius 2 is 2.00 bits per heavy atom. The molecular weight excluding hydrogens is 412 g/mol. The SMILES string of the molecule is CC(=O)N[C@H]1C[C@@H](O)CN(Cc2cc3ccc(C)cc3nc2N2CCOCC2)C1.O=CO. The molecule has 0 radical (unpaired) electrons. The van der Waals surface area contributed by atoms with E-state index in [1.165, 1.54) is 12.5 Å². The average Bonchev–Trinajstić information content (AvgIpc) is 2.74. The van der Waals surface area contributed by atoms with Crippen molar-refractivity contribution < 1.29 is 24.5 Å². The number of carboxylic acid groups (broad SMARTS) is 1. The van der Waals surface area contributed by atoms with Crippen LogP contribution in [-0.2, 0) is 20.9 Å². The molecule has 9 heteroatoms. The van der Waals surface area contributed by atoms with Crippen molar-refractivity contribution in [2.45, 2.75) is 39.0 Å². The minimum atomic E-state index is -0.441. The van der Waals surface area contributed by atoms with E-state index in [1.54, 1.807) is 0 Å². The molecule has 2 aliphatic rings. The molecule has 1 aromatic carbocycles. The lowest BCUT2D eigenvalue weighted by Crippen LogP contribution is -2.52. The van der Waals surface area contributed by atoms with E-state index in [0.29, 0.717) is 32.7 Å². The molecule has 9 nitrogen and oxygen atoms in total. The molecule has 0 saturated carbocycles. The molecule has 0 aliphatic carbocycles. The molecule has 2 aliphatic heterocycles. The van der Waals surface area contributed by atoms with E-state index in [2.05, 4.69) is 46.3 Å². The number of β-amino-alcohol motifs (C(OH)–C–C–N with tert-alkyl or cyclic N) is 1. The van der Waals surface area contributed by atoms with Crippen LogP contribution in [-0.4, -0.2) is 84.0 Å². The zero-order valence-corrected chi connectivity index (χ0v) is 18.7. The molecule has 3 N–H and O–H groups in total. The lowest BCUT2D eigenvalue weighted by molar-refractivity contribution is -0.123. The standard InChI is InChI=1S/C22H30N4O3.CH2O2/c1-15-3-4-17-10-18(12-25-13-19(23-16(2)27)11-20(28)14-25)22(24-21(17)9-15)26-5-7-29-8-6-26;2-1-3/h3-4,9-10,19-20,28H,5-8,11-14H2,1-2H3,(H,23,27);1H,(H,2,3)/t19-,20+;/m0./s1. The largest absolute Gasteiger partial charge is 0.483 e. The Bertz CT molecular complexity index is 932. The highest BCUT2D eigenvalue weighted by molar-refractivity contribution is 5.82. The van der Waals surface area contributed by atoms with E-state index in [0.717, 1.165) is 41.9 Å². The highest BCUT2D eigenvalue weighted by Gasteiger charge is 2.28. The Labute approximate surface area is 188 Å². The predicted octanol–water partition coefficient (Wildman–Crippen LogP) is 1.15. The summed E-state index contributed by atoms with van der Waals surface area (Å²) in [6, 6.07) is 8.55. The number of aliphatic hydroxyl groups is 1. The van der Waals surface area contributed by atoms with Crippen molar-refractivity contribution in [2.24, 2.45) is 0 Å². The maximum absolute atomic E-state index is 11.5. The monoisotopic (exact) mass is 444 g/mol. The summed E-state index contributed by atoms with van der Waals surface area (Å²) in [6.45, 7) is 8.45. The summed E-state index contributed by atoms with van der Waals surface area (Å²) >= 11 is 0. The van der Waals surface area contributed by atoms with Crippen molar-refractivity contribution in [1.29, 1.82) is 0 Å². The normalized spacial score (nSPS) is 21.5. The van der Waals surface area contributed by atoms with E-state index < -0.39 is 6.10 Å². The number of anilines is 1. The first-order valence-corrected chi connectivity index (χ1v) is 10.9. The maximum Gasteiger partial charge on any atom is 0.290 e. The van der Waals surface area contributed by atoms with E-state index in [9.17, 15) is 9.90 Å². The van der Waals surface area contributed by atoms with Crippen molar-refractivity contribution in [3.8, 4) is 0 Å². The average molecular weight is 445 g/mol. The number of fused-ring (bicyclic) bond motifs is 1. The third-order valence-corrected chi connectivity index (χ3v) is 5.65. The van der Waals surface area contributed by atoms with Crippen LogP contribution in [0.2, 0.25) is 0 Å². The zero-order chi connectivity index (χ0) is 23.1. The first-order chi connectivity index (χ1) is 15.4. The number of morpholine rings is 1. The summed E-state index contributed by atoms with van der Waals surface area (Å²) in [5.74, 6) is 0.948. The van der Waals surface area contributed by atoms with Gasteiger partial charge in [-0.25, -0.2) is 4.98 Å². The van der Waals surface area contributed by atoms with Gasteiger partial charge in [-0.15, -0.1) is 0 Å². The minimum Gasteiger partial charge on any atom is -0.483 e. The second-order valence-electron chi connectivity index (χ2n) is 8.35. The molecule has 2 atom stereocenters. The van der Waals surface area contributed by atoms with Gasteiger partial charge in [0.15, 0.2) is 0 Å². The number of aliphatic hydroxyl groups excluding tert-OH is 1. The summed E-state index contributed by atoms with van der Waals surface area (Å²) in [4.78, 5) is 29.4. The highest BCUT2D eigenvalue weighted by Crippen LogP contribution is 2.27. The molecule has 174 valence electrons. The van der Waals surface area contributed by atoms with Crippen molar-refractivity contribution in [1.82, 2.24) is 15.2 Å². The fourth-order valence-corrected chi connectivity index (χ4v) is 4.40. The molecule has 2 fully saturated rings. The Morgan fingerprint density at radius 3 is 2.69 bits per heavy atom. The number of ether oxygens (including phenoxy) is 1. The number of amides is 1. The van der Waals surface area contributed by atoms with Crippen molar-refractivity contribution in [3.05, 3.63) is 35.4 Å². The molecule has 4 rings (SSSR count). The second-order valence-corrected chi connectivity index (χ2v) is 8.35. The van der Waals surface area contributed by atoms with Gasteiger partial charge < -0.3 is 25.2 Å². The van der Waals surface area contributed by atoms with Crippen LogP contribution in [0.4, 0.5) is 5.82 Å². The zero-order valence-electron chi connectivity index (χ0n) is 18.7. The van der Waals surface area contributed by atoms with Gasteiger partial charge in [-0.3, -0.25) is 14.5 Å². The fraction of sp³-hybridized carbons (Fsp3) is 0.522. The van der Waals surface area contributed by atoms with E-state index in [4.69, 9.17) is 19.6 Å². The van der Waals surface area contributed by atoms with Crippen LogP contribution in [0.25, 0.3) is 10.9 Å². The Kier molecular flexibility index (Phi) is 8.38. The Hall–Kier alpha value is -2.75. The van der Waals surface area contributed by atoms with E-state index in [-0.39, 0.29) is 18.4 Å². The molecule has 32 heavy (non-hydrogen) atoms. The van der Waals surface area contributed by atoms with Gasteiger partial charge in [0, 0.05) is 56.6 Å². The van der Waals surface area contributed by atoms with Gasteiger partial charge in [-0.2, -0.15) is 0 Å². The quantitative estimate of drug-likeness (QED) is 0.602. The Balaban J connectivity index is 0.000000913. The van der Waals surface area contributed by atoms with Crippen LogP contribution >= 0.6 is 0 Å². The number of pyridine rings is 1. The van der Waals surface area contributed by atoms with Crippen molar-refractivity contribution >= 4 is 29.1 Å². The summed E-state index contributed by atoms with van der Waals surface area (Å²) in [7, 11) is 0. The minimum absolute atomic E-state index is 0.0286. The number of carbonyl (C=O) groups is 2. The van der Waals surface area contributed by atoms with Gasteiger partial charge in [0.25, 0.3) is 6.47 Å². The second kappa shape index (κ2) is 11.2. The lowest BCUT2D eigenvalue weighted by Gasteiger charge is -2.37. The van der Waals surface area contributed by atoms with Crippen LogP contribution in [0.3, 0.4) is 0 Å². The van der Waals surface area contributed by atoms with Gasteiger partial charge in [-0.05, 0) is 31.0 Å². The number of likely N-dealkylation sites (tertiary alicyclic amines) is 1. The molecule has 1 aromatic heterocycles. The molecule has 2 saturated heterocycles. The van der Waals surface area contributed by atoms with Gasteiger partial charge in [0.1, 0.15) is 5.82 Å². The fourth-order valence-electron chi connectivity index (χ4n) is 4.40. The predicted molar refractivity (Wildman–Crippen MR) is 122 cm³/mol. The number of aromatic nitrogens is 1. The molecule has 0 spiro atoms. The number of piperidine rings is 1. The molecule has 2 aromatic rings. The number of nitrogens with one attached hydrogen (secondary N) is 1. The molecule has 0 bridgehead atoms. The summed E-state index contributed by atoms with van der Waals surface area (Å²) in [5.41, 5.74) is 3.35. The molecule has 1 amide bonds. The Morgan fingerprint density at radius 1 is 1.28 bits per heavy atom. The summed E-state index contributed by atoms with van der Waals surface area (Å²) in [5, 5.41) is 21.3. The van der Waals surface area contributed by atoms with Crippen LogP contribution in [0, 0.1) is 6.92 Å². The number of rotatable bonds is 4. The third kappa shape index (κ3) is 6.38.